The van der Waals surface area contributed by atoms with Crippen LogP contribution < -0.4 is 4.90 Å². The van der Waals surface area contributed by atoms with E-state index in [9.17, 15) is 14.7 Å². The number of nitrogens with zero attached hydrogens (tertiary/aromatic N) is 2. The molecule has 1 aliphatic heterocycles. The van der Waals surface area contributed by atoms with Crippen molar-refractivity contribution in [1.29, 1.82) is 0 Å². The number of hydrogen-bond acceptors (Lipinski definition) is 5. The Balaban J connectivity index is 2.21. The Bertz CT molecular complexity index is 494. The topological polar surface area (TPSA) is 79.7 Å². The van der Waals surface area contributed by atoms with E-state index in [1.54, 1.807) is 14.0 Å². The van der Waals surface area contributed by atoms with Gasteiger partial charge in [-0.25, -0.2) is 4.79 Å². The lowest BCUT2D eigenvalue weighted by atomic mass is 9.99. The zero-order valence-electron chi connectivity index (χ0n) is 10.9. The lowest BCUT2D eigenvalue weighted by Crippen LogP contribution is -2.36. The van der Waals surface area contributed by atoms with Crippen LogP contribution >= 0.6 is 11.5 Å². The zero-order chi connectivity index (χ0) is 14.0. The van der Waals surface area contributed by atoms with E-state index in [4.69, 9.17) is 4.74 Å². The summed E-state index contributed by atoms with van der Waals surface area (Å²) in [5.74, 6) is -1.20. The van der Waals surface area contributed by atoms with Gasteiger partial charge in [0.25, 0.3) is 0 Å². The maximum Gasteiger partial charge on any atom is 0.340 e. The molecule has 1 amide bonds. The SMILES string of the molecule is Cc1nsc(N(C)C(=O)C2CCOCC2)c1C(=O)O. The highest BCUT2D eigenvalue weighted by Crippen LogP contribution is 2.30. The highest BCUT2D eigenvalue weighted by Gasteiger charge is 2.29. The molecule has 1 aromatic heterocycles. The minimum atomic E-state index is -1.05. The number of carboxylic acids is 1. The second-order valence-electron chi connectivity index (χ2n) is 4.54. The maximum absolute atomic E-state index is 12.3. The predicted octanol–water partition coefficient (Wildman–Crippen LogP) is 1.54. The third-order valence-electron chi connectivity index (χ3n) is 3.26. The summed E-state index contributed by atoms with van der Waals surface area (Å²) in [6.07, 6.45) is 1.37. The van der Waals surface area contributed by atoms with Gasteiger partial charge in [-0.2, -0.15) is 4.37 Å². The molecular formula is C12H16N2O4S. The van der Waals surface area contributed by atoms with Gasteiger partial charge in [-0.3, -0.25) is 4.79 Å². The van der Waals surface area contributed by atoms with E-state index >= 15 is 0 Å². The number of aromatic nitrogens is 1. The van der Waals surface area contributed by atoms with Gasteiger partial charge >= 0.3 is 5.97 Å². The van der Waals surface area contributed by atoms with Crippen molar-refractivity contribution in [2.45, 2.75) is 19.8 Å². The standard InChI is InChI=1S/C12H16N2O4S/c1-7-9(12(16)17)11(19-13-7)14(2)10(15)8-3-5-18-6-4-8/h8H,3-6H2,1-2H3,(H,16,17). The van der Waals surface area contributed by atoms with Crippen molar-refractivity contribution in [3.05, 3.63) is 11.3 Å². The molecule has 0 aliphatic carbocycles. The number of hydrogen-bond donors (Lipinski definition) is 1. The van der Waals surface area contributed by atoms with Crippen molar-refractivity contribution in [2.75, 3.05) is 25.2 Å². The van der Waals surface area contributed by atoms with E-state index in [0.29, 0.717) is 36.8 Å². The molecule has 0 aromatic carbocycles. The van der Waals surface area contributed by atoms with Crippen LogP contribution in [-0.4, -0.2) is 41.6 Å². The molecule has 1 saturated heterocycles. The number of aromatic carboxylic acids is 1. The van der Waals surface area contributed by atoms with Gasteiger partial charge in [-0.15, -0.1) is 0 Å². The Morgan fingerprint density at radius 1 is 1.42 bits per heavy atom. The Hall–Kier alpha value is -1.47. The number of amides is 1. The molecule has 1 N–H and O–H groups in total. The normalized spacial score (nSPS) is 16.3. The highest BCUT2D eigenvalue weighted by molar-refractivity contribution is 7.11. The third-order valence-corrected chi connectivity index (χ3v) is 4.28. The van der Waals surface area contributed by atoms with Crippen molar-refractivity contribution in [1.82, 2.24) is 4.37 Å². The smallest absolute Gasteiger partial charge is 0.340 e. The van der Waals surface area contributed by atoms with Gasteiger partial charge in [-0.1, -0.05) is 0 Å². The van der Waals surface area contributed by atoms with Gasteiger partial charge in [0.15, 0.2) is 0 Å². The Morgan fingerprint density at radius 3 is 2.63 bits per heavy atom. The van der Waals surface area contributed by atoms with E-state index in [2.05, 4.69) is 4.37 Å². The first-order chi connectivity index (χ1) is 9.02. The number of anilines is 1. The highest BCUT2D eigenvalue weighted by atomic mass is 32.1. The molecule has 0 saturated carbocycles. The van der Waals surface area contributed by atoms with Crippen molar-refractivity contribution in [3.63, 3.8) is 0 Å². The van der Waals surface area contributed by atoms with Gasteiger partial charge in [-0.05, 0) is 31.3 Å². The number of carbonyl (C=O) groups excluding carboxylic acids is 1. The number of aryl methyl sites for hydroxylation is 1. The van der Waals surface area contributed by atoms with Gasteiger partial charge in [0.05, 0.1) is 5.69 Å². The molecule has 0 atom stereocenters. The molecule has 6 nitrogen and oxygen atoms in total. The molecule has 0 spiro atoms. The van der Waals surface area contributed by atoms with Crippen LogP contribution in [0.1, 0.15) is 28.9 Å². The van der Waals surface area contributed by atoms with Crippen LogP contribution in [0.3, 0.4) is 0 Å². The van der Waals surface area contributed by atoms with Crippen LogP contribution in [-0.2, 0) is 9.53 Å². The Kier molecular flexibility index (Phi) is 4.16. The lowest BCUT2D eigenvalue weighted by Gasteiger charge is -2.25. The number of carbonyl (C=O) groups is 2. The molecular weight excluding hydrogens is 268 g/mol. The van der Waals surface area contributed by atoms with Crippen molar-refractivity contribution >= 4 is 28.4 Å². The van der Waals surface area contributed by atoms with Crippen LogP contribution in [0.2, 0.25) is 0 Å². The fraction of sp³-hybridized carbons (Fsp3) is 0.583. The fourth-order valence-corrected chi connectivity index (χ4v) is 3.00. The summed E-state index contributed by atoms with van der Waals surface area (Å²) in [5, 5.41) is 9.59. The fourth-order valence-electron chi connectivity index (χ4n) is 2.15. The molecule has 0 radical (unpaired) electrons. The maximum atomic E-state index is 12.3. The molecule has 2 heterocycles. The number of ether oxygens (including phenoxy) is 1. The van der Waals surface area contributed by atoms with Crippen molar-refractivity contribution in [3.8, 4) is 0 Å². The molecule has 1 fully saturated rings. The van der Waals surface area contributed by atoms with Crippen LogP contribution in [0, 0.1) is 12.8 Å². The number of rotatable bonds is 3. The summed E-state index contributed by atoms with van der Waals surface area (Å²) in [6.45, 7) is 2.80. The minimum absolute atomic E-state index is 0.0607. The summed E-state index contributed by atoms with van der Waals surface area (Å²) >= 11 is 1.05. The third kappa shape index (κ3) is 2.76. The molecule has 1 aromatic rings. The quantitative estimate of drug-likeness (QED) is 0.910. The first kappa shape index (κ1) is 14.0. The minimum Gasteiger partial charge on any atom is -0.478 e. The summed E-state index contributed by atoms with van der Waals surface area (Å²) in [5.41, 5.74) is 0.562. The zero-order valence-corrected chi connectivity index (χ0v) is 11.7. The molecule has 2 rings (SSSR count). The average molecular weight is 284 g/mol. The monoisotopic (exact) mass is 284 g/mol. The largest absolute Gasteiger partial charge is 0.478 e. The van der Waals surface area contributed by atoms with E-state index in [1.807, 2.05) is 0 Å². The molecule has 104 valence electrons. The van der Waals surface area contributed by atoms with Crippen LogP contribution in [0.25, 0.3) is 0 Å². The van der Waals surface area contributed by atoms with Crippen LogP contribution in [0.4, 0.5) is 5.00 Å². The van der Waals surface area contributed by atoms with Gasteiger partial charge in [0, 0.05) is 26.2 Å². The number of carboxylic acid groups (broad SMARTS) is 1. The van der Waals surface area contributed by atoms with Crippen LogP contribution in [0.15, 0.2) is 0 Å². The van der Waals surface area contributed by atoms with E-state index in [-0.39, 0.29) is 17.4 Å². The van der Waals surface area contributed by atoms with Gasteiger partial charge in [0.1, 0.15) is 10.6 Å². The molecule has 0 unspecified atom stereocenters. The summed E-state index contributed by atoms with van der Waals surface area (Å²) in [4.78, 5) is 25.0. The second-order valence-corrected chi connectivity index (χ2v) is 5.29. The van der Waals surface area contributed by atoms with Gasteiger partial charge < -0.3 is 14.7 Å². The summed E-state index contributed by atoms with van der Waals surface area (Å²) < 4.78 is 9.26. The predicted molar refractivity (Wildman–Crippen MR) is 70.8 cm³/mol. The summed E-state index contributed by atoms with van der Waals surface area (Å²) in [7, 11) is 1.61. The van der Waals surface area contributed by atoms with Crippen LogP contribution in [0.5, 0.6) is 0 Å². The molecule has 0 bridgehead atoms. The Morgan fingerprint density at radius 2 is 2.05 bits per heavy atom. The molecule has 1 aliphatic rings. The van der Waals surface area contributed by atoms with E-state index < -0.39 is 5.97 Å². The van der Waals surface area contributed by atoms with E-state index in [0.717, 1.165) is 11.5 Å². The first-order valence-corrected chi connectivity index (χ1v) is 6.84. The first-order valence-electron chi connectivity index (χ1n) is 6.07. The summed E-state index contributed by atoms with van der Waals surface area (Å²) in [6, 6.07) is 0. The van der Waals surface area contributed by atoms with Crippen molar-refractivity contribution < 1.29 is 19.4 Å². The Labute approximate surface area is 115 Å². The average Bonchev–Trinajstić information content (AvgIpc) is 2.80. The second kappa shape index (κ2) is 5.66. The molecule has 19 heavy (non-hydrogen) atoms. The van der Waals surface area contributed by atoms with E-state index in [1.165, 1.54) is 4.90 Å². The lowest BCUT2D eigenvalue weighted by molar-refractivity contribution is -0.124. The molecule has 7 heteroatoms. The van der Waals surface area contributed by atoms with Gasteiger partial charge in [0.2, 0.25) is 5.91 Å². The van der Waals surface area contributed by atoms with Crippen molar-refractivity contribution in [2.24, 2.45) is 5.92 Å².